The van der Waals surface area contributed by atoms with Gasteiger partial charge in [-0.1, -0.05) is 11.8 Å². The Morgan fingerprint density at radius 3 is 2.09 bits per heavy atom. The molecule has 1 heterocycles. The van der Waals surface area contributed by atoms with Crippen LogP contribution in [0.25, 0.3) is 0 Å². The molecule has 0 aliphatic carbocycles. The standard InChI is InChI=1S/C14H16N6O2S/c1-8(21)17-9-2-4-10(5-3-9)18-13(22)7-23-14-19-11(15)6-12(16)20-14/h2-6H,7H2,1H3,(H,17,21)(H,18,22)(H4,15,16,19,20). The van der Waals surface area contributed by atoms with Crippen molar-refractivity contribution >= 4 is 46.6 Å². The summed E-state index contributed by atoms with van der Waals surface area (Å²) in [5, 5.41) is 5.72. The average molecular weight is 332 g/mol. The van der Waals surface area contributed by atoms with Crippen LogP contribution in [-0.2, 0) is 9.59 Å². The molecule has 2 amide bonds. The maximum absolute atomic E-state index is 11.9. The van der Waals surface area contributed by atoms with E-state index < -0.39 is 0 Å². The van der Waals surface area contributed by atoms with Crippen LogP contribution in [0.2, 0.25) is 0 Å². The number of nitrogen functional groups attached to an aromatic ring is 2. The Balaban J connectivity index is 1.88. The zero-order chi connectivity index (χ0) is 16.8. The molecule has 0 saturated heterocycles. The van der Waals surface area contributed by atoms with Gasteiger partial charge in [0.05, 0.1) is 5.75 Å². The van der Waals surface area contributed by atoms with E-state index in [1.165, 1.54) is 13.0 Å². The van der Waals surface area contributed by atoms with Crippen molar-refractivity contribution in [3.8, 4) is 0 Å². The van der Waals surface area contributed by atoms with E-state index in [9.17, 15) is 9.59 Å². The molecule has 120 valence electrons. The molecule has 0 atom stereocenters. The summed E-state index contributed by atoms with van der Waals surface area (Å²) in [6.07, 6.45) is 0. The highest BCUT2D eigenvalue weighted by Gasteiger charge is 2.07. The number of rotatable bonds is 5. The van der Waals surface area contributed by atoms with Crippen LogP contribution in [0.1, 0.15) is 6.92 Å². The molecule has 23 heavy (non-hydrogen) atoms. The van der Waals surface area contributed by atoms with Crippen molar-refractivity contribution in [1.29, 1.82) is 0 Å². The second-order valence-electron chi connectivity index (χ2n) is 4.60. The van der Waals surface area contributed by atoms with Crippen LogP contribution in [0, 0.1) is 0 Å². The van der Waals surface area contributed by atoms with Crippen LogP contribution < -0.4 is 22.1 Å². The van der Waals surface area contributed by atoms with Crippen molar-refractivity contribution in [2.75, 3.05) is 27.9 Å². The Morgan fingerprint density at radius 1 is 1.04 bits per heavy atom. The molecule has 0 fully saturated rings. The third-order valence-electron chi connectivity index (χ3n) is 2.57. The van der Waals surface area contributed by atoms with E-state index in [-0.39, 0.29) is 29.2 Å². The third kappa shape index (κ3) is 5.47. The van der Waals surface area contributed by atoms with Gasteiger partial charge >= 0.3 is 0 Å². The van der Waals surface area contributed by atoms with E-state index in [1.54, 1.807) is 24.3 Å². The summed E-state index contributed by atoms with van der Waals surface area (Å²) < 4.78 is 0. The lowest BCUT2D eigenvalue weighted by Gasteiger charge is -2.07. The first-order valence-electron chi connectivity index (χ1n) is 6.63. The van der Waals surface area contributed by atoms with E-state index in [4.69, 9.17) is 11.5 Å². The summed E-state index contributed by atoms with van der Waals surface area (Å²) in [5.41, 5.74) is 12.4. The minimum absolute atomic E-state index is 0.121. The van der Waals surface area contributed by atoms with Crippen molar-refractivity contribution in [3.63, 3.8) is 0 Å². The number of carbonyl (C=O) groups is 2. The van der Waals surface area contributed by atoms with E-state index in [2.05, 4.69) is 20.6 Å². The molecule has 0 radical (unpaired) electrons. The number of anilines is 4. The second kappa shape index (κ2) is 7.45. The number of hydrogen-bond acceptors (Lipinski definition) is 7. The minimum atomic E-state index is -0.216. The first-order valence-corrected chi connectivity index (χ1v) is 7.61. The molecule has 0 spiro atoms. The van der Waals surface area contributed by atoms with Gasteiger partial charge in [-0.15, -0.1) is 0 Å². The van der Waals surface area contributed by atoms with Gasteiger partial charge in [-0.2, -0.15) is 0 Å². The highest BCUT2D eigenvalue weighted by Crippen LogP contribution is 2.18. The Hall–Kier alpha value is -2.81. The fourth-order valence-electron chi connectivity index (χ4n) is 1.69. The lowest BCUT2D eigenvalue weighted by Crippen LogP contribution is -2.14. The predicted molar refractivity (Wildman–Crippen MR) is 91.0 cm³/mol. The zero-order valence-electron chi connectivity index (χ0n) is 12.4. The van der Waals surface area contributed by atoms with E-state index in [0.29, 0.717) is 16.5 Å². The van der Waals surface area contributed by atoms with E-state index >= 15 is 0 Å². The summed E-state index contributed by atoms with van der Waals surface area (Å²) in [4.78, 5) is 30.8. The molecule has 0 aliphatic rings. The number of nitrogens with two attached hydrogens (primary N) is 2. The number of nitrogens with one attached hydrogen (secondary N) is 2. The summed E-state index contributed by atoms with van der Waals surface area (Å²) in [6.45, 7) is 1.43. The first-order chi connectivity index (χ1) is 10.9. The number of thioether (sulfide) groups is 1. The predicted octanol–water partition coefficient (Wildman–Crippen LogP) is 1.33. The lowest BCUT2D eigenvalue weighted by atomic mass is 10.3. The molecule has 9 heteroatoms. The maximum atomic E-state index is 11.9. The van der Waals surface area contributed by atoms with Crippen LogP contribution in [0.5, 0.6) is 0 Å². The monoisotopic (exact) mass is 332 g/mol. The lowest BCUT2D eigenvalue weighted by molar-refractivity contribution is -0.114. The highest BCUT2D eigenvalue weighted by molar-refractivity contribution is 7.99. The molecule has 0 saturated carbocycles. The van der Waals surface area contributed by atoms with Crippen LogP contribution in [0.4, 0.5) is 23.0 Å². The molecule has 8 nitrogen and oxygen atoms in total. The SMILES string of the molecule is CC(=O)Nc1ccc(NC(=O)CSc2nc(N)cc(N)n2)cc1. The smallest absolute Gasteiger partial charge is 0.234 e. The first kappa shape index (κ1) is 16.6. The maximum Gasteiger partial charge on any atom is 0.234 e. The van der Waals surface area contributed by atoms with Crippen LogP contribution in [-0.4, -0.2) is 27.5 Å². The normalized spacial score (nSPS) is 10.1. The Morgan fingerprint density at radius 2 is 1.57 bits per heavy atom. The zero-order valence-corrected chi connectivity index (χ0v) is 13.2. The molecule has 0 bridgehead atoms. The largest absolute Gasteiger partial charge is 0.383 e. The van der Waals surface area contributed by atoms with Gasteiger partial charge in [0.2, 0.25) is 11.8 Å². The van der Waals surface area contributed by atoms with Crippen molar-refractivity contribution in [2.45, 2.75) is 12.1 Å². The van der Waals surface area contributed by atoms with Gasteiger partial charge in [0.1, 0.15) is 11.6 Å². The summed E-state index contributed by atoms with van der Waals surface area (Å²) in [5.74, 6) is 0.269. The van der Waals surface area contributed by atoms with Gasteiger partial charge in [0.25, 0.3) is 0 Å². The van der Waals surface area contributed by atoms with Gasteiger partial charge in [-0.05, 0) is 24.3 Å². The van der Waals surface area contributed by atoms with Gasteiger partial charge < -0.3 is 22.1 Å². The molecular weight excluding hydrogens is 316 g/mol. The number of nitrogens with zero attached hydrogens (tertiary/aromatic N) is 2. The average Bonchev–Trinajstić information content (AvgIpc) is 2.46. The fourth-order valence-corrected chi connectivity index (χ4v) is 2.37. The Labute approximate surface area is 137 Å². The number of aromatic nitrogens is 2. The van der Waals surface area contributed by atoms with Crippen molar-refractivity contribution in [2.24, 2.45) is 0 Å². The minimum Gasteiger partial charge on any atom is -0.383 e. The van der Waals surface area contributed by atoms with Gasteiger partial charge in [0, 0.05) is 24.4 Å². The van der Waals surface area contributed by atoms with Crippen LogP contribution >= 0.6 is 11.8 Å². The van der Waals surface area contributed by atoms with Gasteiger partial charge in [-0.3, -0.25) is 9.59 Å². The van der Waals surface area contributed by atoms with Crippen molar-refractivity contribution in [3.05, 3.63) is 30.3 Å². The Kier molecular flexibility index (Phi) is 5.36. The molecule has 6 N–H and O–H groups in total. The van der Waals surface area contributed by atoms with E-state index in [1.807, 2.05) is 0 Å². The van der Waals surface area contributed by atoms with Crippen LogP contribution in [0.3, 0.4) is 0 Å². The van der Waals surface area contributed by atoms with Crippen molar-refractivity contribution < 1.29 is 9.59 Å². The van der Waals surface area contributed by atoms with Gasteiger partial charge in [0.15, 0.2) is 5.16 Å². The fraction of sp³-hybridized carbons (Fsp3) is 0.143. The van der Waals surface area contributed by atoms with E-state index in [0.717, 1.165) is 11.8 Å². The molecule has 2 rings (SSSR count). The summed E-state index contributed by atoms with van der Waals surface area (Å²) in [6, 6.07) is 8.24. The second-order valence-corrected chi connectivity index (χ2v) is 5.54. The quantitative estimate of drug-likeness (QED) is 0.479. The number of benzene rings is 1. The third-order valence-corrected chi connectivity index (χ3v) is 3.41. The molecule has 0 unspecified atom stereocenters. The molecule has 1 aromatic heterocycles. The topological polar surface area (TPSA) is 136 Å². The number of hydrogen-bond donors (Lipinski definition) is 4. The summed E-state index contributed by atoms with van der Waals surface area (Å²) in [7, 11) is 0. The number of carbonyl (C=O) groups excluding carboxylic acids is 2. The molecular formula is C14H16N6O2S. The van der Waals surface area contributed by atoms with Crippen molar-refractivity contribution in [1.82, 2.24) is 9.97 Å². The molecule has 2 aromatic rings. The van der Waals surface area contributed by atoms with Crippen LogP contribution in [0.15, 0.2) is 35.5 Å². The Bertz CT molecular complexity index is 699. The summed E-state index contributed by atoms with van der Waals surface area (Å²) >= 11 is 1.14. The van der Waals surface area contributed by atoms with Gasteiger partial charge in [-0.25, -0.2) is 9.97 Å². The molecule has 1 aromatic carbocycles. The molecule has 0 aliphatic heterocycles. The highest BCUT2D eigenvalue weighted by atomic mass is 32.2. The number of amides is 2.